The summed E-state index contributed by atoms with van der Waals surface area (Å²) in [6.45, 7) is 3.90. The highest BCUT2D eigenvalue weighted by Crippen LogP contribution is 2.23. The summed E-state index contributed by atoms with van der Waals surface area (Å²) in [4.78, 5) is 0. The van der Waals surface area contributed by atoms with E-state index in [2.05, 4.69) is 6.58 Å². The molecule has 0 amide bonds. The zero-order valence-electron chi connectivity index (χ0n) is 9.18. The quantitative estimate of drug-likeness (QED) is 0.730. The van der Waals surface area contributed by atoms with Gasteiger partial charge in [0, 0.05) is 5.57 Å². The molecule has 0 saturated heterocycles. The number of rotatable bonds is 3. The van der Waals surface area contributed by atoms with Crippen molar-refractivity contribution in [1.82, 2.24) is 0 Å². The Morgan fingerprint density at radius 3 is 2.56 bits per heavy atom. The van der Waals surface area contributed by atoms with Crippen LogP contribution in [0.4, 0.5) is 0 Å². The molecule has 3 heteroatoms. The second-order valence-electron chi connectivity index (χ2n) is 3.50. The van der Waals surface area contributed by atoms with Gasteiger partial charge in [-0.2, -0.15) is 0 Å². The average molecular weight is 218 g/mol. The number of allylic oxidation sites excluding steroid dienone is 1. The maximum atomic E-state index is 5.64. The van der Waals surface area contributed by atoms with Crippen molar-refractivity contribution < 1.29 is 14.2 Å². The van der Waals surface area contributed by atoms with Crippen molar-refractivity contribution in [2.75, 3.05) is 7.11 Å². The first kappa shape index (κ1) is 10.6. The second-order valence-corrected chi connectivity index (χ2v) is 3.50. The fourth-order valence-electron chi connectivity index (χ4n) is 1.41. The Balaban J connectivity index is 2.03. The van der Waals surface area contributed by atoms with Crippen molar-refractivity contribution in [3.63, 3.8) is 0 Å². The maximum Gasteiger partial charge on any atom is 0.262 e. The average Bonchev–Trinajstić information content (AvgIpc) is 2.33. The van der Waals surface area contributed by atoms with Crippen LogP contribution in [0.15, 0.2) is 48.8 Å². The lowest BCUT2D eigenvalue weighted by molar-refractivity contribution is -0.00602. The number of ether oxygens (including phenoxy) is 3. The van der Waals surface area contributed by atoms with Crippen LogP contribution in [0.25, 0.3) is 0 Å². The summed E-state index contributed by atoms with van der Waals surface area (Å²) in [6.07, 6.45) is 3.96. The molecule has 2 rings (SSSR count). The Morgan fingerprint density at radius 1 is 1.25 bits per heavy atom. The van der Waals surface area contributed by atoms with Crippen molar-refractivity contribution in [2.45, 2.75) is 12.7 Å². The molecule has 1 heterocycles. The standard InChI is InChI=1S/C13H14O3/c1-10-4-3-9-15-13(10)16-12-7-5-11(14-2)6-8-12/h3,5-9,13H,1,4H2,2H3. The lowest BCUT2D eigenvalue weighted by atomic mass is 10.2. The predicted octanol–water partition coefficient (Wildman–Crippen LogP) is 2.89. The van der Waals surface area contributed by atoms with Gasteiger partial charge in [-0.05, 0) is 36.8 Å². The minimum atomic E-state index is -0.390. The summed E-state index contributed by atoms with van der Waals surface area (Å²) in [7, 11) is 1.63. The van der Waals surface area contributed by atoms with E-state index >= 15 is 0 Å². The van der Waals surface area contributed by atoms with Crippen LogP contribution in [-0.2, 0) is 4.74 Å². The summed E-state index contributed by atoms with van der Waals surface area (Å²) >= 11 is 0. The normalized spacial score (nSPS) is 19.1. The molecule has 84 valence electrons. The summed E-state index contributed by atoms with van der Waals surface area (Å²) in [6, 6.07) is 7.37. The lowest BCUT2D eigenvalue weighted by Gasteiger charge is -2.22. The van der Waals surface area contributed by atoms with Crippen LogP contribution < -0.4 is 9.47 Å². The third kappa shape index (κ3) is 2.37. The van der Waals surface area contributed by atoms with E-state index < -0.39 is 6.29 Å². The van der Waals surface area contributed by atoms with Crippen LogP contribution in [0, 0.1) is 0 Å². The number of hydrogen-bond acceptors (Lipinski definition) is 3. The molecule has 1 aliphatic heterocycles. The highest BCUT2D eigenvalue weighted by atomic mass is 16.7. The molecule has 0 radical (unpaired) electrons. The molecular weight excluding hydrogens is 204 g/mol. The predicted molar refractivity (Wildman–Crippen MR) is 61.4 cm³/mol. The monoisotopic (exact) mass is 218 g/mol. The third-order valence-corrected chi connectivity index (χ3v) is 2.31. The first-order valence-electron chi connectivity index (χ1n) is 5.08. The highest BCUT2D eigenvalue weighted by Gasteiger charge is 2.16. The molecule has 0 saturated carbocycles. The highest BCUT2D eigenvalue weighted by molar-refractivity contribution is 5.31. The van der Waals surface area contributed by atoms with Crippen LogP contribution in [0.5, 0.6) is 11.5 Å². The molecule has 1 atom stereocenters. The number of benzene rings is 1. The van der Waals surface area contributed by atoms with Gasteiger partial charge in [-0.1, -0.05) is 6.58 Å². The van der Waals surface area contributed by atoms with Crippen LogP contribution in [0.1, 0.15) is 6.42 Å². The van der Waals surface area contributed by atoms with Crippen molar-refractivity contribution in [3.05, 3.63) is 48.8 Å². The third-order valence-electron chi connectivity index (χ3n) is 2.31. The van der Waals surface area contributed by atoms with E-state index in [9.17, 15) is 0 Å². The van der Waals surface area contributed by atoms with Crippen LogP contribution in [0.3, 0.4) is 0 Å². The summed E-state index contributed by atoms with van der Waals surface area (Å²) in [5, 5.41) is 0. The van der Waals surface area contributed by atoms with E-state index in [1.807, 2.05) is 30.3 Å². The van der Waals surface area contributed by atoms with Gasteiger partial charge in [0.05, 0.1) is 13.4 Å². The first-order valence-corrected chi connectivity index (χ1v) is 5.08. The molecule has 0 bridgehead atoms. The molecule has 0 aliphatic carbocycles. The smallest absolute Gasteiger partial charge is 0.262 e. The van der Waals surface area contributed by atoms with E-state index in [-0.39, 0.29) is 0 Å². The van der Waals surface area contributed by atoms with Gasteiger partial charge in [0.15, 0.2) is 0 Å². The molecule has 0 aromatic heterocycles. The molecule has 16 heavy (non-hydrogen) atoms. The fraction of sp³-hybridized carbons (Fsp3) is 0.231. The molecule has 0 spiro atoms. The molecule has 0 fully saturated rings. The number of hydrogen-bond donors (Lipinski definition) is 0. The summed E-state index contributed by atoms with van der Waals surface area (Å²) in [5.41, 5.74) is 0.915. The minimum absolute atomic E-state index is 0.390. The van der Waals surface area contributed by atoms with Crippen LogP contribution in [0.2, 0.25) is 0 Å². The van der Waals surface area contributed by atoms with E-state index in [1.54, 1.807) is 13.4 Å². The van der Waals surface area contributed by atoms with E-state index in [0.717, 1.165) is 23.5 Å². The van der Waals surface area contributed by atoms with Crippen LogP contribution >= 0.6 is 0 Å². The second kappa shape index (κ2) is 4.75. The fourth-order valence-corrected chi connectivity index (χ4v) is 1.41. The molecule has 1 aromatic carbocycles. The van der Waals surface area contributed by atoms with Crippen molar-refractivity contribution >= 4 is 0 Å². The number of methoxy groups -OCH3 is 1. The topological polar surface area (TPSA) is 27.7 Å². The molecular formula is C13H14O3. The van der Waals surface area contributed by atoms with Gasteiger partial charge in [0.25, 0.3) is 6.29 Å². The van der Waals surface area contributed by atoms with E-state index in [4.69, 9.17) is 14.2 Å². The Bertz CT molecular complexity index is 392. The van der Waals surface area contributed by atoms with Gasteiger partial charge in [0.2, 0.25) is 0 Å². The van der Waals surface area contributed by atoms with Crippen molar-refractivity contribution in [2.24, 2.45) is 0 Å². The SMILES string of the molecule is C=C1CC=COC1Oc1ccc(OC)cc1. The van der Waals surface area contributed by atoms with Gasteiger partial charge >= 0.3 is 0 Å². The summed E-state index contributed by atoms with van der Waals surface area (Å²) in [5.74, 6) is 1.54. The summed E-state index contributed by atoms with van der Waals surface area (Å²) < 4.78 is 16.0. The maximum absolute atomic E-state index is 5.64. The van der Waals surface area contributed by atoms with Gasteiger partial charge in [0.1, 0.15) is 11.5 Å². The van der Waals surface area contributed by atoms with E-state index in [1.165, 1.54) is 0 Å². The minimum Gasteiger partial charge on any atom is -0.497 e. The van der Waals surface area contributed by atoms with Gasteiger partial charge in [-0.3, -0.25) is 0 Å². The zero-order valence-corrected chi connectivity index (χ0v) is 9.18. The molecule has 0 N–H and O–H groups in total. The van der Waals surface area contributed by atoms with Gasteiger partial charge in [-0.25, -0.2) is 0 Å². The van der Waals surface area contributed by atoms with Gasteiger partial charge in [-0.15, -0.1) is 0 Å². The Hall–Kier alpha value is -1.90. The Labute approximate surface area is 94.9 Å². The van der Waals surface area contributed by atoms with Crippen molar-refractivity contribution in [1.29, 1.82) is 0 Å². The molecule has 3 nitrogen and oxygen atoms in total. The van der Waals surface area contributed by atoms with Crippen LogP contribution in [-0.4, -0.2) is 13.4 Å². The first-order chi connectivity index (χ1) is 7.79. The zero-order chi connectivity index (χ0) is 11.4. The molecule has 1 unspecified atom stereocenters. The largest absolute Gasteiger partial charge is 0.497 e. The Morgan fingerprint density at radius 2 is 1.94 bits per heavy atom. The molecule has 1 aromatic rings. The Kier molecular flexibility index (Phi) is 3.15. The lowest BCUT2D eigenvalue weighted by Crippen LogP contribution is -2.22. The van der Waals surface area contributed by atoms with Crippen molar-refractivity contribution in [3.8, 4) is 11.5 Å². The molecule has 1 aliphatic rings. The van der Waals surface area contributed by atoms with E-state index in [0.29, 0.717) is 0 Å². The van der Waals surface area contributed by atoms with Gasteiger partial charge < -0.3 is 14.2 Å².